The fraction of sp³-hybridized carbons (Fsp3) is 0.500. The molecule has 0 unspecified atom stereocenters. The Labute approximate surface area is 148 Å². The third kappa shape index (κ3) is 4.03. The van der Waals surface area contributed by atoms with Crippen LogP contribution in [-0.4, -0.2) is 25.5 Å². The highest BCUT2D eigenvalue weighted by Gasteiger charge is 2.56. The molecule has 0 radical (unpaired) electrons. The Kier molecular flexibility index (Phi) is 5.41. The van der Waals surface area contributed by atoms with Crippen LogP contribution in [0.5, 0.6) is 5.75 Å². The van der Waals surface area contributed by atoms with Crippen molar-refractivity contribution in [2.45, 2.75) is 44.9 Å². The molecular formula is C20H26N2O3. The summed E-state index contributed by atoms with van der Waals surface area (Å²) in [6.45, 7) is 0.606. The average Bonchev–Trinajstić information content (AvgIpc) is 3.45. The minimum absolute atomic E-state index is 0.156. The van der Waals surface area contributed by atoms with E-state index in [0.29, 0.717) is 30.8 Å². The van der Waals surface area contributed by atoms with Crippen molar-refractivity contribution < 1.29 is 14.3 Å². The van der Waals surface area contributed by atoms with E-state index >= 15 is 0 Å². The molecule has 2 aliphatic rings. The van der Waals surface area contributed by atoms with Crippen LogP contribution in [0.3, 0.4) is 0 Å². The normalized spacial score (nSPS) is 18.0. The topological polar surface area (TPSA) is 67.4 Å². The largest absolute Gasteiger partial charge is 0.495 e. The Hall–Kier alpha value is -2.30. The molecule has 0 aromatic heterocycles. The Morgan fingerprint density at radius 3 is 2.64 bits per heavy atom. The maximum atomic E-state index is 12.6. The van der Waals surface area contributed by atoms with Gasteiger partial charge in [0.15, 0.2) is 0 Å². The number of hydrogen-bond acceptors (Lipinski definition) is 3. The van der Waals surface area contributed by atoms with E-state index in [1.165, 1.54) is 18.4 Å². The number of allylic oxidation sites excluding steroid dienone is 1. The molecule has 0 atom stereocenters. The van der Waals surface area contributed by atoms with Gasteiger partial charge >= 0.3 is 0 Å². The van der Waals surface area contributed by atoms with E-state index in [1.807, 2.05) is 12.1 Å². The maximum absolute atomic E-state index is 12.6. The zero-order chi connectivity index (χ0) is 17.7. The predicted octanol–water partition coefficient (Wildman–Crippen LogP) is 3.42. The van der Waals surface area contributed by atoms with Crippen molar-refractivity contribution in [2.24, 2.45) is 5.41 Å². The van der Waals surface area contributed by atoms with Crippen LogP contribution in [0.15, 0.2) is 35.9 Å². The molecule has 3 rings (SSSR count). The van der Waals surface area contributed by atoms with Crippen LogP contribution in [0.1, 0.15) is 44.9 Å². The van der Waals surface area contributed by atoms with Gasteiger partial charge in [0.2, 0.25) is 11.8 Å². The summed E-state index contributed by atoms with van der Waals surface area (Å²) in [4.78, 5) is 25.2. The summed E-state index contributed by atoms with van der Waals surface area (Å²) in [5.74, 6) is 0.194. The Morgan fingerprint density at radius 1 is 1.16 bits per heavy atom. The molecule has 0 saturated heterocycles. The molecular weight excluding hydrogens is 316 g/mol. The molecule has 5 nitrogen and oxygen atoms in total. The number of para-hydroxylation sites is 2. The third-order valence-corrected chi connectivity index (χ3v) is 5.09. The average molecular weight is 342 g/mol. The smallest absolute Gasteiger partial charge is 0.240 e. The Bertz CT molecular complexity index is 677. The monoisotopic (exact) mass is 342 g/mol. The first-order valence-electron chi connectivity index (χ1n) is 9.06. The van der Waals surface area contributed by atoms with E-state index in [4.69, 9.17) is 4.74 Å². The van der Waals surface area contributed by atoms with Gasteiger partial charge in [0.25, 0.3) is 0 Å². The second-order valence-electron chi connectivity index (χ2n) is 6.85. The Balaban J connectivity index is 1.54. The first-order valence-corrected chi connectivity index (χ1v) is 9.06. The van der Waals surface area contributed by atoms with Crippen LogP contribution in [0.4, 0.5) is 5.69 Å². The van der Waals surface area contributed by atoms with Gasteiger partial charge in [-0.2, -0.15) is 0 Å². The number of anilines is 1. The highest BCUT2D eigenvalue weighted by Crippen LogP contribution is 2.47. The van der Waals surface area contributed by atoms with Gasteiger partial charge in [-0.05, 0) is 57.1 Å². The van der Waals surface area contributed by atoms with Crippen molar-refractivity contribution in [3.63, 3.8) is 0 Å². The molecule has 1 saturated carbocycles. The SMILES string of the molecule is COc1ccccc1NC(=O)C1(C(=O)NCCC2=CCCCC2)CC1. The van der Waals surface area contributed by atoms with Gasteiger partial charge in [-0.25, -0.2) is 0 Å². The molecule has 1 fully saturated rings. The fourth-order valence-corrected chi connectivity index (χ4v) is 3.31. The van der Waals surface area contributed by atoms with Crippen molar-refractivity contribution >= 4 is 17.5 Å². The van der Waals surface area contributed by atoms with Crippen LogP contribution < -0.4 is 15.4 Å². The molecule has 5 heteroatoms. The Morgan fingerprint density at radius 2 is 1.96 bits per heavy atom. The zero-order valence-electron chi connectivity index (χ0n) is 14.8. The van der Waals surface area contributed by atoms with Crippen LogP contribution in [0, 0.1) is 5.41 Å². The van der Waals surface area contributed by atoms with Gasteiger partial charge in [-0.3, -0.25) is 9.59 Å². The number of carbonyl (C=O) groups is 2. The number of methoxy groups -OCH3 is 1. The van der Waals surface area contributed by atoms with Gasteiger partial charge in [-0.1, -0.05) is 23.8 Å². The summed E-state index contributed by atoms with van der Waals surface area (Å²) in [6.07, 6.45) is 9.16. The van der Waals surface area contributed by atoms with E-state index in [2.05, 4.69) is 16.7 Å². The van der Waals surface area contributed by atoms with Crippen molar-refractivity contribution in [3.8, 4) is 5.75 Å². The fourth-order valence-electron chi connectivity index (χ4n) is 3.31. The molecule has 2 N–H and O–H groups in total. The van der Waals surface area contributed by atoms with Gasteiger partial charge in [0, 0.05) is 6.54 Å². The quantitative estimate of drug-likeness (QED) is 0.589. The number of ether oxygens (including phenoxy) is 1. The van der Waals surface area contributed by atoms with Gasteiger partial charge in [0.1, 0.15) is 11.2 Å². The molecule has 1 aromatic rings. The highest BCUT2D eigenvalue weighted by atomic mass is 16.5. The van der Waals surface area contributed by atoms with E-state index < -0.39 is 5.41 Å². The summed E-state index contributed by atoms with van der Waals surface area (Å²) in [5, 5.41) is 5.80. The summed E-state index contributed by atoms with van der Waals surface area (Å²) in [6, 6.07) is 7.23. The van der Waals surface area contributed by atoms with E-state index in [9.17, 15) is 9.59 Å². The number of carbonyl (C=O) groups excluding carboxylic acids is 2. The molecule has 2 aliphatic carbocycles. The van der Waals surface area contributed by atoms with Crippen molar-refractivity contribution in [1.29, 1.82) is 0 Å². The van der Waals surface area contributed by atoms with Gasteiger partial charge in [-0.15, -0.1) is 0 Å². The van der Waals surface area contributed by atoms with Crippen LogP contribution in [0.25, 0.3) is 0 Å². The van der Waals surface area contributed by atoms with Gasteiger partial charge in [0.05, 0.1) is 12.8 Å². The van der Waals surface area contributed by atoms with E-state index in [-0.39, 0.29) is 11.8 Å². The second-order valence-corrected chi connectivity index (χ2v) is 6.85. The molecule has 0 heterocycles. The minimum atomic E-state index is -0.915. The standard InChI is InChI=1S/C20H26N2O3/c1-25-17-10-6-5-9-16(17)22-19(24)20(12-13-20)18(23)21-14-11-15-7-3-2-4-8-15/h5-7,9-10H,2-4,8,11-14H2,1H3,(H,21,23)(H,22,24). The van der Waals surface area contributed by atoms with Crippen LogP contribution >= 0.6 is 0 Å². The second kappa shape index (κ2) is 7.72. The molecule has 134 valence electrons. The first kappa shape index (κ1) is 17.5. The lowest BCUT2D eigenvalue weighted by atomic mass is 9.97. The third-order valence-electron chi connectivity index (χ3n) is 5.09. The molecule has 0 aliphatic heterocycles. The number of amides is 2. The lowest BCUT2D eigenvalue weighted by Gasteiger charge is -2.17. The molecule has 25 heavy (non-hydrogen) atoms. The number of hydrogen-bond donors (Lipinski definition) is 2. The zero-order valence-corrected chi connectivity index (χ0v) is 14.8. The summed E-state index contributed by atoms with van der Waals surface area (Å²) < 4.78 is 5.25. The molecule has 0 spiro atoms. The van der Waals surface area contributed by atoms with Crippen molar-refractivity contribution in [3.05, 3.63) is 35.9 Å². The maximum Gasteiger partial charge on any atom is 0.240 e. The number of rotatable bonds is 7. The van der Waals surface area contributed by atoms with Crippen LogP contribution in [-0.2, 0) is 9.59 Å². The predicted molar refractivity (Wildman–Crippen MR) is 97.5 cm³/mol. The van der Waals surface area contributed by atoms with Gasteiger partial charge < -0.3 is 15.4 Å². The molecule has 2 amide bonds. The van der Waals surface area contributed by atoms with E-state index in [0.717, 1.165) is 19.3 Å². The molecule has 1 aromatic carbocycles. The lowest BCUT2D eigenvalue weighted by Crippen LogP contribution is -2.40. The van der Waals surface area contributed by atoms with Crippen molar-refractivity contribution in [2.75, 3.05) is 19.0 Å². The van der Waals surface area contributed by atoms with Crippen LogP contribution in [0.2, 0.25) is 0 Å². The minimum Gasteiger partial charge on any atom is -0.495 e. The summed E-state index contributed by atoms with van der Waals surface area (Å²) >= 11 is 0. The molecule has 0 bridgehead atoms. The van der Waals surface area contributed by atoms with E-state index in [1.54, 1.807) is 19.2 Å². The highest BCUT2D eigenvalue weighted by molar-refractivity contribution is 6.13. The van der Waals surface area contributed by atoms with Crippen molar-refractivity contribution in [1.82, 2.24) is 5.32 Å². The summed E-state index contributed by atoms with van der Waals surface area (Å²) in [5.41, 5.74) is 1.11. The lowest BCUT2D eigenvalue weighted by molar-refractivity contribution is -0.134. The first-order chi connectivity index (χ1) is 12.2. The number of nitrogens with one attached hydrogen (secondary N) is 2. The number of benzene rings is 1. The summed E-state index contributed by atoms with van der Waals surface area (Å²) in [7, 11) is 1.56.